The molecule has 0 aromatic carbocycles. The maximum Gasteiger partial charge on any atom is 0.322 e. The third kappa shape index (κ3) is 3.06. The van der Waals surface area contributed by atoms with Crippen molar-refractivity contribution in [1.29, 1.82) is 0 Å². The van der Waals surface area contributed by atoms with E-state index >= 15 is 0 Å². The van der Waals surface area contributed by atoms with Crippen molar-refractivity contribution < 1.29 is 9.53 Å². The van der Waals surface area contributed by atoms with Crippen LogP contribution in [0.15, 0.2) is 12.4 Å². The second-order valence-electron chi connectivity index (χ2n) is 2.92. The number of hydrogen-bond acceptors (Lipinski definition) is 4. The molecule has 6 heteroatoms. The lowest BCUT2D eigenvalue weighted by molar-refractivity contribution is -0.142. The maximum atomic E-state index is 11.1. The van der Waals surface area contributed by atoms with Gasteiger partial charge in [-0.2, -0.15) is 0 Å². The van der Waals surface area contributed by atoms with Gasteiger partial charge in [-0.3, -0.25) is 9.78 Å². The van der Waals surface area contributed by atoms with Gasteiger partial charge in [-0.15, -0.1) is 0 Å². The highest BCUT2D eigenvalue weighted by atomic mass is 35.5. The summed E-state index contributed by atoms with van der Waals surface area (Å²) in [7, 11) is 1.28. The lowest BCUT2D eigenvalue weighted by atomic mass is 10.1. The van der Waals surface area contributed by atoms with Crippen LogP contribution in [-0.2, 0) is 16.0 Å². The number of hydrogen-bond donors (Lipinski definition) is 1. The van der Waals surface area contributed by atoms with Crippen LogP contribution >= 0.6 is 23.2 Å². The molecule has 4 nitrogen and oxygen atoms in total. The van der Waals surface area contributed by atoms with Gasteiger partial charge in [0.05, 0.1) is 17.2 Å². The van der Waals surface area contributed by atoms with Gasteiger partial charge in [0, 0.05) is 18.8 Å². The van der Waals surface area contributed by atoms with E-state index in [1.54, 1.807) is 0 Å². The number of nitrogens with zero attached hydrogens (tertiary/aromatic N) is 1. The number of carbonyl (C=O) groups is 1. The van der Waals surface area contributed by atoms with E-state index in [0.29, 0.717) is 15.6 Å². The molecule has 1 aromatic rings. The second-order valence-corrected chi connectivity index (χ2v) is 3.73. The Kier molecular flexibility index (Phi) is 4.32. The number of methoxy groups -OCH3 is 1. The quantitative estimate of drug-likeness (QED) is 0.823. The molecule has 0 amide bonds. The summed E-state index contributed by atoms with van der Waals surface area (Å²) in [6, 6.07) is -0.771. The molecule has 1 aromatic heterocycles. The summed E-state index contributed by atoms with van der Waals surface area (Å²) in [5, 5.41) is 0.781. The maximum absolute atomic E-state index is 11.1. The Labute approximate surface area is 97.3 Å². The van der Waals surface area contributed by atoms with Gasteiger partial charge in [0.2, 0.25) is 0 Å². The number of nitrogens with two attached hydrogens (primary N) is 1. The predicted molar refractivity (Wildman–Crippen MR) is 58.0 cm³/mol. The van der Waals surface area contributed by atoms with Gasteiger partial charge >= 0.3 is 5.97 Å². The summed E-state index contributed by atoms with van der Waals surface area (Å²) in [6.07, 6.45) is 3.13. The number of pyridine rings is 1. The summed E-state index contributed by atoms with van der Waals surface area (Å²) in [5.74, 6) is -0.501. The highest BCUT2D eigenvalue weighted by molar-refractivity contribution is 6.35. The number of esters is 1. The fraction of sp³-hybridized carbons (Fsp3) is 0.333. The molecule has 1 rings (SSSR count). The zero-order valence-electron chi connectivity index (χ0n) is 8.04. The molecule has 0 aliphatic carbocycles. The van der Waals surface area contributed by atoms with Crippen LogP contribution in [-0.4, -0.2) is 24.1 Å². The smallest absolute Gasteiger partial charge is 0.322 e. The van der Waals surface area contributed by atoms with Crippen molar-refractivity contribution in [1.82, 2.24) is 4.98 Å². The van der Waals surface area contributed by atoms with Crippen molar-refractivity contribution in [2.24, 2.45) is 5.73 Å². The number of aromatic nitrogens is 1. The van der Waals surface area contributed by atoms with Crippen molar-refractivity contribution in [2.75, 3.05) is 7.11 Å². The molecule has 0 fully saturated rings. The zero-order chi connectivity index (χ0) is 11.4. The minimum Gasteiger partial charge on any atom is -0.468 e. The minimum atomic E-state index is -0.771. The minimum absolute atomic E-state index is 0.229. The molecule has 15 heavy (non-hydrogen) atoms. The normalized spacial score (nSPS) is 12.3. The summed E-state index contributed by atoms with van der Waals surface area (Å²) in [5.41, 5.74) is 6.19. The molecule has 0 bridgehead atoms. The molecule has 1 heterocycles. The Balaban J connectivity index is 2.85. The molecule has 1 unspecified atom stereocenters. The average molecular weight is 249 g/mol. The van der Waals surface area contributed by atoms with Crippen LogP contribution in [0.4, 0.5) is 0 Å². The third-order valence-corrected chi connectivity index (χ3v) is 2.53. The van der Waals surface area contributed by atoms with E-state index in [2.05, 4.69) is 9.72 Å². The molecule has 0 saturated carbocycles. The van der Waals surface area contributed by atoms with E-state index in [-0.39, 0.29) is 6.42 Å². The first kappa shape index (κ1) is 12.2. The van der Waals surface area contributed by atoms with E-state index in [1.807, 2.05) is 0 Å². The fourth-order valence-corrected chi connectivity index (χ4v) is 1.61. The van der Waals surface area contributed by atoms with Gasteiger partial charge < -0.3 is 10.5 Å². The monoisotopic (exact) mass is 248 g/mol. The molecule has 0 aliphatic heterocycles. The van der Waals surface area contributed by atoms with Crippen molar-refractivity contribution in [2.45, 2.75) is 12.5 Å². The second kappa shape index (κ2) is 5.30. The summed E-state index contributed by atoms with van der Waals surface area (Å²) in [6.45, 7) is 0. The summed E-state index contributed by atoms with van der Waals surface area (Å²) in [4.78, 5) is 14.9. The zero-order valence-corrected chi connectivity index (χ0v) is 9.55. The van der Waals surface area contributed by atoms with E-state index < -0.39 is 12.0 Å². The Morgan fingerprint density at radius 3 is 2.53 bits per heavy atom. The Bertz CT molecular complexity index is 351. The van der Waals surface area contributed by atoms with Crippen LogP contribution in [0.2, 0.25) is 10.0 Å². The number of carbonyl (C=O) groups excluding carboxylic acids is 1. The van der Waals surface area contributed by atoms with E-state index in [4.69, 9.17) is 28.9 Å². The van der Waals surface area contributed by atoms with Crippen LogP contribution in [0.1, 0.15) is 5.56 Å². The van der Waals surface area contributed by atoms with Crippen LogP contribution in [0, 0.1) is 0 Å². The van der Waals surface area contributed by atoms with Gasteiger partial charge in [0.1, 0.15) is 6.04 Å². The first-order valence-corrected chi connectivity index (χ1v) is 4.93. The van der Waals surface area contributed by atoms with Crippen LogP contribution in [0.5, 0.6) is 0 Å². The highest BCUT2D eigenvalue weighted by Crippen LogP contribution is 2.23. The molecule has 0 spiro atoms. The van der Waals surface area contributed by atoms with Gasteiger partial charge in [0.25, 0.3) is 0 Å². The largest absolute Gasteiger partial charge is 0.468 e. The van der Waals surface area contributed by atoms with Gasteiger partial charge in [-0.05, 0) is 5.56 Å². The van der Waals surface area contributed by atoms with Crippen molar-refractivity contribution in [3.05, 3.63) is 28.0 Å². The van der Waals surface area contributed by atoms with Crippen molar-refractivity contribution in [3.63, 3.8) is 0 Å². The summed E-state index contributed by atoms with van der Waals surface area (Å²) >= 11 is 11.7. The topological polar surface area (TPSA) is 65.2 Å². The van der Waals surface area contributed by atoms with Crippen molar-refractivity contribution >= 4 is 29.2 Å². The molecule has 0 saturated heterocycles. The SMILES string of the molecule is COC(=O)C(N)Cc1c(Cl)cncc1Cl. The van der Waals surface area contributed by atoms with E-state index in [0.717, 1.165) is 0 Å². The van der Waals surface area contributed by atoms with Gasteiger partial charge in [-0.1, -0.05) is 23.2 Å². The fourth-order valence-electron chi connectivity index (χ4n) is 1.09. The lowest BCUT2D eigenvalue weighted by Crippen LogP contribution is -2.33. The van der Waals surface area contributed by atoms with E-state index in [1.165, 1.54) is 19.5 Å². The Hall–Kier alpha value is -0.840. The van der Waals surface area contributed by atoms with E-state index in [9.17, 15) is 4.79 Å². The first-order valence-electron chi connectivity index (χ1n) is 4.17. The van der Waals surface area contributed by atoms with Crippen LogP contribution in [0.3, 0.4) is 0 Å². The molecule has 1 atom stereocenters. The number of halogens is 2. The number of rotatable bonds is 3. The Morgan fingerprint density at radius 2 is 2.07 bits per heavy atom. The van der Waals surface area contributed by atoms with Crippen molar-refractivity contribution in [3.8, 4) is 0 Å². The van der Waals surface area contributed by atoms with Crippen LogP contribution in [0.25, 0.3) is 0 Å². The molecular weight excluding hydrogens is 239 g/mol. The lowest BCUT2D eigenvalue weighted by Gasteiger charge is -2.11. The summed E-state index contributed by atoms with van der Waals surface area (Å²) < 4.78 is 4.50. The third-order valence-electron chi connectivity index (χ3n) is 1.88. The molecule has 0 radical (unpaired) electrons. The average Bonchev–Trinajstić information content (AvgIpc) is 2.22. The van der Waals surface area contributed by atoms with Gasteiger partial charge in [-0.25, -0.2) is 0 Å². The Morgan fingerprint density at radius 1 is 1.53 bits per heavy atom. The molecular formula is C9H10Cl2N2O2. The molecule has 82 valence electrons. The first-order chi connectivity index (χ1) is 7.06. The molecule has 0 aliphatic rings. The highest BCUT2D eigenvalue weighted by Gasteiger charge is 2.17. The standard InChI is InChI=1S/C9H10Cl2N2O2/c1-15-9(14)8(12)2-5-6(10)3-13-4-7(5)11/h3-4,8H,2,12H2,1H3. The number of ether oxygens (including phenoxy) is 1. The van der Waals surface area contributed by atoms with Crippen LogP contribution < -0.4 is 5.73 Å². The predicted octanol–water partition coefficient (Wildman–Crippen LogP) is 1.43. The van der Waals surface area contributed by atoms with Gasteiger partial charge in [0.15, 0.2) is 0 Å². The molecule has 2 N–H and O–H groups in total.